The minimum Gasteiger partial charge on any atom is -0.483 e. The number of carbonyl (C=O) groups excluding carboxylic acids is 1. The number of benzene rings is 1. The van der Waals surface area contributed by atoms with Crippen LogP contribution >= 0.6 is 0 Å². The molecule has 0 spiro atoms. The van der Waals surface area contributed by atoms with Crippen LogP contribution in [0.1, 0.15) is 5.56 Å². The van der Waals surface area contributed by atoms with Gasteiger partial charge >= 0.3 is 5.97 Å². The van der Waals surface area contributed by atoms with E-state index < -0.39 is 18.4 Å². The molecule has 1 rings (SSSR count). The number of hydrogen-bond donors (Lipinski definition) is 1. The monoisotopic (exact) mass is 261 g/mol. The van der Waals surface area contributed by atoms with E-state index in [-0.39, 0.29) is 13.2 Å². The molecule has 0 aliphatic rings. The van der Waals surface area contributed by atoms with Crippen LogP contribution in [0.25, 0.3) is 0 Å². The van der Waals surface area contributed by atoms with Gasteiger partial charge in [0.1, 0.15) is 12.3 Å². The lowest BCUT2D eigenvalue weighted by Gasteiger charge is -2.18. The fourth-order valence-corrected chi connectivity index (χ4v) is 1.45. The van der Waals surface area contributed by atoms with Crippen LogP contribution in [0.4, 0.5) is 0 Å². The van der Waals surface area contributed by atoms with Crippen molar-refractivity contribution in [2.75, 3.05) is 19.7 Å². The van der Waals surface area contributed by atoms with Crippen LogP contribution in [0.2, 0.25) is 0 Å². The Balaban J connectivity index is 2.60. The van der Waals surface area contributed by atoms with Gasteiger partial charge in [0.05, 0.1) is 6.54 Å². The summed E-state index contributed by atoms with van der Waals surface area (Å²) in [5, 5.41) is 8.69. The van der Waals surface area contributed by atoms with Gasteiger partial charge in [-0.2, -0.15) is 0 Å². The number of hydrogen-bond acceptors (Lipinski definition) is 3. The van der Waals surface area contributed by atoms with Crippen molar-refractivity contribution in [1.29, 1.82) is 0 Å². The van der Waals surface area contributed by atoms with Crippen molar-refractivity contribution >= 4 is 11.9 Å². The molecule has 1 N–H and O–H groups in total. The van der Waals surface area contributed by atoms with Crippen molar-refractivity contribution in [3.63, 3.8) is 0 Å². The van der Waals surface area contributed by atoms with Gasteiger partial charge in [-0.3, -0.25) is 9.59 Å². The molecule has 1 aromatic rings. The predicted octanol–water partition coefficient (Wildman–Crippen LogP) is 0.920. The van der Waals surface area contributed by atoms with Crippen LogP contribution in [0.5, 0.6) is 5.75 Å². The predicted molar refractivity (Wildman–Crippen MR) is 69.7 cm³/mol. The van der Waals surface area contributed by atoms with E-state index in [2.05, 4.69) is 5.92 Å². The first-order chi connectivity index (χ1) is 9.04. The van der Waals surface area contributed by atoms with E-state index in [4.69, 9.17) is 16.3 Å². The van der Waals surface area contributed by atoms with Crippen molar-refractivity contribution < 1.29 is 19.4 Å². The minimum absolute atomic E-state index is 0.0533. The Morgan fingerprint density at radius 3 is 2.68 bits per heavy atom. The van der Waals surface area contributed by atoms with Crippen LogP contribution in [0, 0.1) is 19.3 Å². The first kappa shape index (κ1) is 14.6. The molecule has 0 aliphatic heterocycles. The van der Waals surface area contributed by atoms with Gasteiger partial charge in [-0.05, 0) is 18.6 Å². The molecule has 5 nitrogen and oxygen atoms in total. The van der Waals surface area contributed by atoms with E-state index in [9.17, 15) is 9.59 Å². The smallest absolute Gasteiger partial charge is 0.323 e. The quantitative estimate of drug-likeness (QED) is 0.773. The number of aliphatic carboxylic acids is 1. The largest absolute Gasteiger partial charge is 0.483 e. The molecule has 0 saturated carbocycles. The van der Waals surface area contributed by atoms with Gasteiger partial charge in [-0.1, -0.05) is 24.1 Å². The molecule has 0 aromatic heterocycles. The highest BCUT2D eigenvalue weighted by atomic mass is 16.5. The number of nitrogens with zero attached hydrogens (tertiary/aromatic N) is 1. The number of rotatable bonds is 6. The van der Waals surface area contributed by atoms with Crippen LogP contribution in [0.15, 0.2) is 24.3 Å². The average molecular weight is 261 g/mol. The highest BCUT2D eigenvalue weighted by Crippen LogP contribution is 2.15. The molecule has 0 fully saturated rings. The Kier molecular flexibility index (Phi) is 5.42. The molecule has 5 heteroatoms. The lowest BCUT2D eigenvalue weighted by Crippen LogP contribution is -2.39. The first-order valence-corrected chi connectivity index (χ1v) is 5.66. The summed E-state index contributed by atoms with van der Waals surface area (Å²) in [4.78, 5) is 23.5. The SMILES string of the molecule is C#CCN(CC(=O)O)C(=O)COc1ccccc1C. The molecule has 19 heavy (non-hydrogen) atoms. The zero-order valence-corrected chi connectivity index (χ0v) is 10.6. The number of carbonyl (C=O) groups is 2. The Hall–Kier alpha value is -2.48. The molecule has 0 aliphatic carbocycles. The number of ether oxygens (including phenoxy) is 1. The molecule has 0 saturated heterocycles. The third kappa shape index (κ3) is 4.72. The van der Waals surface area contributed by atoms with Crippen LogP contribution in [-0.2, 0) is 9.59 Å². The van der Waals surface area contributed by atoms with Crippen molar-refractivity contribution in [2.24, 2.45) is 0 Å². The van der Waals surface area contributed by atoms with Gasteiger partial charge in [0.2, 0.25) is 0 Å². The van der Waals surface area contributed by atoms with Gasteiger partial charge in [0.15, 0.2) is 6.61 Å². The third-order valence-corrected chi connectivity index (χ3v) is 2.41. The fraction of sp³-hybridized carbons (Fsp3) is 0.286. The van der Waals surface area contributed by atoms with Crippen LogP contribution < -0.4 is 4.74 Å². The molecule has 0 unspecified atom stereocenters. The molecule has 100 valence electrons. The van der Waals surface area contributed by atoms with Crippen molar-refractivity contribution in [3.05, 3.63) is 29.8 Å². The van der Waals surface area contributed by atoms with E-state index in [0.29, 0.717) is 5.75 Å². The lowest BCUT2D eigenvalue weighted by atomic mass is 10.2. The molecular weight excluding hydrogens is 246 g/mol. The van der Waals surface area contributed by atoms with Crippen LogP contribution in [0.3, 0.4) is 0 Å². The Bertz CT molecular complexity index is 504. The summed E-state index contributed by atoms with van der Waals surface area (Å²) < 4.78 is 5.35. The Morgan fingerprint density at radius 2 is 2.11 bits per heavy atom. The van der Waals surface area contributed by atoms with Crippen molar-refractivity contribution in [3.8, 4) is 18.1 Å². The summed E-state index contributed by atoms with van der Waals surface area (Å²) in [6, 6.07) is 7.25. The molecule has 0 radical (unpaired) electrons. The molecule has 0 bridgehead atoms. The van der Waals surface area contributed by atoms with Gasteiger partial charge in [-0.15, -0.1) is 6.42 Å². The summed E-state index contributed by atoms with van der Waals surface area (Å²) in [6.45, 7) is 1.14. The number of amides is 1. The Labute approximate surface area is 111 Å². The minimum atomic E-state index is -1.11. The molecule has 0 atom stereocenters. The summed E-state index contributed by atoms with van der Waals surface area (Å²) in [6.07, 6.45) is 5.10. The molecule has 0 heterocycles. The summed E-state index contributed by atoms with van der Waals surface area (Å²) >= 11 is 0. The maximum Gasteiger partial charge on any atom is 0.323 e. The van der Waals surface area contributed by atoms with Crippen molar-refractivity contribution in [1.82, 2.24) is 4.90 Å². The highest BCUT2D eigenvalue weighted by Gasteiger charge is 2.16. The zero-order chi connectivity index (χ0) is 14.3. The van der Waals surface area contributed by atoms with Gasteiger partial charge in [-0.25, -0.2) is 0 Å². The molecular formula is C14H15NO4. The first-order valence-electron chi connectivity index (χ1n) is 5.66. The number of carboxylic acid groups (broad SMARTS) is 1. The second-order valence-electron chi connectivity index (χ2n) is 3.90. The maximum atomic E-state index is 11.8. The standard InChI is InChI=1S/C14H15NO4/c1-3-8-15(9-14(17)18)13(16)10-19-12-7-5-4-6-11(12)2/h1,4-7H,8-10H2,2H3,(H,17,18). The topological polar surface area (TPSA) is 66.8 Å². The second-order valence-corrected chi connectivity index (χ2v) is 3.90. The number of aryl methyl sites for hydroxylation is 1. The highest BCUT2D eigenvalue weighted by molar-refractivity contribution is 5.82. The van der Waals surface area contributed by atoms with Gasteiger partial charge < -0.3 is 14.7 Å². The molecule has 1 aromatic carbocycles. The third-order valence-electron chi connectivity index (χ3n) is 2.41. The normalized spacial score (nSPS) is 9.47. The number of carboxylic acids is 1. The lowest BCUT2D eigenvalue weighted by molar-refractivity contribution is -0.144. The summed E-state index contributed by atoms with van der Waals surface area (Å²) in [5.74, 6) is 1.27. The Morgan fingerprint density at radius 1 is 1.42 bits per heavy atom. The molecule has 1 amide bonds. The summed E-state index contributed by atoms with van der Waals surface area (Å²) in [7, 11) is 0. The van der Waals surface area contributed by atoms with E-state index in [1.165, 1.54) is 0 Å². The second kappa shape index (κ2) is 7.07. The van der Waals surface area contributed by atoms with Crippen molar-refractivity contribution in [2.45, 2.75) is 6.92 Å². The zero-order valence-electron chi connectivity index (χ0n) is 10.6. The van der Waals surface area contributed by atoms with E-state index in [1.807, 2.05) is 19.1 Å². The maximum absolute atomic E-state index is 11.8. The number of para-hydroxylation sites is 1. The van der Waals surface area contributed by atoms with E-state index in [1.54, 1.807) is 12.1 Å². The van der Waals surface area contributed by atoms with E-state index >= 15 is 0 Å². The summed E-state index contributed by atoms with van der Waals surface area (Å²) in [5.41, 5.74) is 0.900. The van der Waals surface area contributed by atoms with Crippen LogP contribution in [-0.4, -0.2) is 41.6 Å². The van der Waals surface area contributed by atoms with Gasteiger partial charge in [0.25, 0.3) is 5.91 Å². The number of terminal acetylenes is 1. The van der Waals surface area contributed by atoms with Gasteiger partial charge in [0, 0.05) is 0 Å². The average Bonchev–Trinajstić information content (AvgIpc) is 2.36. The van der Waals surface area contributed by atoms with E-state index in [0.717, 1.165) is 10.5 Å². The fourth-order valence-electron chi connectivity index (χ4n) is 1.45.